The van der Waals surface area contributed by atoms with Gasteiger partial charge in [0.15, 0.2) is 17.5 Å². The van der Waals surface area contributed by atoms with Crippen molar-refractivity contribution >= 4 is 0 Å². The summed E-state index contributed by atoms with van der Waals surface area (Å²) in [5.41, 5.74) is -2.27. The Balaban J connectivity index is 2.56. The van der Waals surface area contributed by atoms with Crippen LogP contribution in [-0.4, -0.2) is 0 Å². The summed E-state index contributed by atoms with van der Waals surface area (Å²) in [6.45, 7) is 0. The molecule has 0 nitrogen and oxygen atoms in total. The van der Waals surface area contributed by atoms with Gasteiger partial charge in [0.25, 0.3) is 0 Å². The predicted octanol–water partition coefficient (Wildman–Crippen LogP) is 4.93. The van der Waals surface area contributed by atoms with Crippen molar-refractivity contribution in [1.82, 2.24) is 0 Å². The van der Waals surface area contributed by atoms with Crippen LogP contribution in [-0.2, 0) is 6.18 Å². The lowest BCUT2D eigenvalue weighted by Crippen LogP contribution is -2.04. The van der Waals surface area contributed by atoms with E-state index in [0.717, 1.165) is 12.1 Å². The van der Waals surface area contributed by atoms with E-state index in [9.17, 15) is 30.7 Å². The van der Waals surface area contributed by atoms with Crippen LogP contribution in [0.4, 0.5) is 30.7 Å². The Kier molecular flexibility index (Phi) is 3.45. The van der Waals surface area contributed by atoms with Crippen LogP contribution < -0.4 is 0 Å². The molecule has 0 amide bonds. The highest BCUT2D eigenvalue weighted by atomic mass is 19.4. The monoisotopic (exact) mass is 294 g/mol. The van der Waals surface area contributed by atoms with E-state index in [4.69, 9.17) is 0 Å². The molecule has 2 aromatic rings. The van der Waals surface area contributed by atoms with Gasteiger partial charge in [-0.25, -0.2) is 17.6 Å². The zero-order valence-electron chi connectivity index (χ0n) is 9.53. The Hall–Kier alpha value is -2.05. The fourth-order valence-corrected chi connectivity index (χ4v) is 1.66. The van der Waals surface area contributed by atoms with Gasteiger partial charge in [-0.15, -0.1) is 0 Å². The molecule has 0 unspecified atom stereocenters. The van der Waals surface area contributed by atoms with Gasteiger partial charge in [0.2, 0.25) is 0 Å². The molecule has 2 rings (SSSR count). The fourth-order valence-electron chi connectivity index (χ4n) is 1.66. The molecule has 0 aliphatic carbocycles. The largest absolute Gasteiger partial charge is 0.416 e. The molecule has 2 aromatic carbocycles. The number of hydrogen-bond donors (Lipinski definition) is 0. The first-order valence-corrected chi connectivity index (χ1v) is 5.22. The van der Waals surface area contributed by atoms with Crippen molar-refractivity contribution in [3.05, 3.63) is 59.2 Å². The Morgan fingerprint density at radius 3 is 1.75 bits per heavy atom. The zero-order valence-corrected chi connectivity index (χ0v) is 9.53. The highest BCUT2D eigenvalue weighted by molar-refractivity contribution is 5.65. The molecular weight excluding hydrogens is 289 g/mol. The predicted molar refractivity (Wildman–Crippen MR) is 56.7 cm³/mol. The van der Waals surface area contributed by atoms with E-state index < -0.39 is 40.6 Å². The van der Waals surface area contributed by atoms with E-state index in [1.165, 1.54) is 0 Å². The second-order valence-electron chi connectivity index (χ2n) is 3.92. The third-order valence-corrected chi connectivity index (χ3v) is 2.62. The molecule has 0 aliphatic rings. The van der Waals surface area contributed by atoms with Gasteiger partial charge >= 0.3 is 6.18 Å². The molecule has 0 N–H and O–H groups in total. The van der Waals surface area contributed by atoms with Crippen molar-refractivity contribution in [2.75, 3.05) is 0 Å². The number of halogens is 7. The first-order valence-electron chi connectivity index (χ1n) is 5.22. The van der Waals surface area contributed by atoms with Crippen LogP contribution in [0.3, 0.4) is 0 Å². The van der Waals surface area contributed by atoms with Crippen molar-refractivity contribution in [3.63, 3.8) is 0 Å². The van der Waals surface area contributed by atoms with Crippen LogP contribution >= 0.6 is 0 Å². The van der Waals surface area contributed by atoms with Gasteiger partial charge in [-0.2, -0.15) is 13.2 Å². The number of hydrogen-bond acceptors (Lipinski definition) is 0. The molecule has 0 aromatic heterocycles. The molecule has 0 saturated heterocycles. The van der Waals surface area contributed by atoms with E-state index in [-0.39, 0.29) is 11.6 Å². The standard InChI is InChI=1S/C13H5F7/c14-8-5-9(15)11(16)12(17)10(8)6-1-3-7(4-2-6)13(18,19)20/h1-5H. The lowest BCUT2D eigenvalue weighted by molar-refractivity contribution is -0.137. The lowest BCUT2D eigenvalue weighted by atomic mass is 10.0. The normalized spacial score (nSPS) is 11.8. The SMILES string of the molecule is Fc1cc(F)c(-c2ccc(C(F)(F)F)cc2)c(F)c1F. The highest BCUT2D eigenvalue weighted by Gasteiger charge is 2.30. The second kappa shape index (κ2) is 4.81. The maximum atomic E-state index is 13.5. The molecule has 20 heavy (non-hydrogen) atoms. The van der Waals surface area contributed by atoms with E-state index in [2.05, 4.69) is 0 Å². The molecule has 0 atom stereocenters. The lowest BCUT2D eigenvalue weighted by Gasteiger charge is -2.09. The van der Waals surface area contributed by atoms with Gasteiger partial charge in [0, 0.05) is 6.07 Å². The topological polar surface area (TPSA) is 0 Å². The Bertz CT molecular complexity index is 641. The molecule has 0 bridgehead atoms. The van der Waals surface area contributed by atoms with Crippen molar-refractivity contribution in [3.8, 4) is 11.1 Å². The van der Waals surface area contributed by atoms with Gasteiger partial charge < -0.3 is 0 Å². The summed E-state index contributed by atoms with van der Waals surface area (Å²) >= 11 is 0. The molecule has 0 aliphatic heterocycles. The van der Waals surface area contributed by atoms with Gasteiger partial charge in [-0.1, -0.05) is 12.1 Å². The number of rotatable bonds is 1. The van der Waals surface area contributed by atoms with Crippen LogP contribution in [0, 0.1) is 23.3 Å². The maximum absolute atomic E-state index is 13.5. The van der Waals surface area contributed by atoms with Gasteiger partial charge in [0.05, 0.1) is 11.1 Å². The van der Waals surface area contributed by atoms with E-state index >= 15 is 0 Å². The highest BCUT2D eigenvalue weighted by Crippen LogP contribution is 2.33. The molecule has 0 heterocycles. The molecule has 0 fully saturated rings. The summed E-state index contributed by atoms with van der Waals surface area (Å²) in [6, 6.07) is 2.87. The second-order valence-corrected chi connectivity index (χ2v) is 3.92. The average molecular weight is 294 g/mol. The number of alkyl halides is 3. The summed E-state index contributed by atoms with van der Waals surface area (Å²) in [6.07, 6.45) is -4.61. The van der Waals surface area contributed by atoms with Crippen LogP contribution in [0.5, 0.6) is 0 Å². The van der Waals surface area contributed by atoms with E-state index in [1.807, 2.05) is 0 Å². The van der Waals surface area contributed by atoms with Crippen molar-refractivity contribution in [2.45, 2.75) is 6.18 Å². The summed E-state index contributed by atoms with van der Waals surface area (Å²) in [4.78, 5) is 0. The van der Waals surface area contributed by atoms with Gasteiger partial charge in [-0.3, -0.25) is 0 Å². The number of benzene rings is 2. The smallest absolute Gasteiger partial charge is 0.206 e. The van der Waals surface area contributed by atoms with Crippen molar-refractivity contribution in [1.29, 1.82) is 0 Å². The minimum absolute atomic E-state index is 0.130. The molecule has 7 heteroatoms. The van der Waals surface area contributed by atoms with Crippen LogP contribution in [0.15, 0.2) is 30.3 Å². The maximum Gasteiger partial charge on any atom is 0.416 e. The van der Waals surface area contributed by atoms with Crippen LogP contribution in [0.1, 0.15) is 5.56 Å². The minimum Gasteiger partial charge on any atom is -0.206 e. The molecule has 0 radical (unpaired) electrons. The first-order chi connectivity index (χ1) is 9.21. The summed E-state index contributed by atoms with van der Waals surface area (Å²) in [7, 11) is 0. The van der Waals surface area contributed by atoms with Crippen LogP contribution in [0.2, 0.25) is 0 Å². The van der Waals surface area contributed by atoms with E-state index in [0.29, 0.717) is 12.1 Å². The quantitative estimate of drug-likeness (QED) is 0.397. The van der Waals surface area contributed by atoms with E-state index in [1.54, 1.807) is 0 Å². The Morgan fingerprint density at radius 1 is 0.700 bits per heavy atom. The zero-order chi connectivity index (χ0) is 15.1. The van der Waals surface area contributed by atoms with Gasteiger partial charge in [-0.05, 0) is 17.7 Å². The molecule has 106 valence electrons. The van der Waals surface area contributed by atoms with Gasteiger partial charge in [0.1, 0.15) is 5.82 Å². The third kappa shape index (κ3) is 2.48. The summed E-state index contributed by atoms with van der Waals surface area (Å²) in [5, 5.41) is 0. The fraction of sp³-hybridized carbons (Fsp3) is 0.0769. The summed E-state index contributed by atoms with van der Waals surface area (Å²) < 4.78 is 89.7. The Labute approximate surface area is 108 Å². The third-order valence-electron chi connectivity index (χ3n) is 2.62. The molecule has 0 saturated carbocycles. The minimum atomic E-state index is -4.61. The van der Waals surface area contributed by atoms with Crippen LogP contribution in [0.25, 0.3) is 11.1 Å². The van der Waals surface area contributed by atoms with Crippen molar-refractivity contribution in [2.24, 2.45) is 0 Å². The average Bonchev–Trinajstić information content (AvgIpc) is 2.36. The summed E-state index contributed by atoms with van der Waals surface area (Å²) in [5.74, 6) is -6.79. The Morgan fingerprint density at radius 2 is 1.25 bits per heavy atom. The van der Waals surface area contributed by atoms with Crippen molar-refractivity contribution < 1.29 is 30.7 Å². The molecule has 0 spiro atoms. The molecular formula is C13H5F7. The first kappa shape index (κ1) is 14.4.